The summed E-state index contributed by atoms with van der Waals surface area (Å²) in [6.07, 6.45) is 1.53. The molecular formula is C22H15N3O6. The number of hydrogen-bond donors (Lipinski definition) is 4. The standard InChI is InChI=1S/C22H15N3O6/c26-13-4-1-11(2-5-13)18-19(16-7-8-17(31-16)22(29)30)25(21(28)20(18)27)12-3-6-14-15(9-12)24-10-23-14/h1-10,19,26-27H,(H,23,24)(H,29,30). The molecule has 0 fully saturated rings. The number of carboxylic acids is 1. The summed E-state index contributed by atoms with van der Waals surface area (Å²) in [7, 11) is 0. The van der Waals surface area contributed by atoms with Crippen molar-refractivity contribution in [3.05, 3.63) is 83.8 Å². The maximum Gasteiger partial charge on any atom is 0.371 e. The lowest BCUT2D eigenvalue weighted by Gasteiger charge is -2.25. The molecule has 0 spiro atoms. The van der Waals surface area contributed by atoms with Crippen LogP contribution in [0.1, 0.15) is 27.9 Å². The van der Waals surface area contributed by atoms with Crippen molar-refractivity contribution in [2.75, 3.05) is 4.90 Å². The summed E-state index contributed by atoms with van der Waals surface area (Å²) in [6, 6.07) is 12.9. The number of nitrogens with one attached hydrogen (secondary N) is 1. The average molecular weight is 417 g/mol. The van der Waals surface area contributed by atoms with E-state index in [0.717, 1.165) is 5.52 Å². The van der Waals surface area contributed by atoms with Crippen LogP contribution in [-0.4, -0.2) is 37.2 Å². The Bertz CT molecular complexity index is 1370. The number of aromatic carboxylic acids is 1. The van der Waals surface area contributed by atoms with Crippen molar-refractivity contribution < 1.29 is 29.3 Å². The summed E-state index contributed by atoms with van der Waals surface area (Å²) in [4.78, 5) is 33.0. The third-order valence-corrected chi connectivity index (χ3v) is 5.18. The highest BCUT2D eigenvalue weighted by Gasteiger charge is 2.44. The number of phenols is 1. The highest BCUT2D eigenvalue weighted by molar-refractivity contribution is 6.16. The van der Waals surface area contributed by atoms with Crippen molar-refractivity contribution in [1.29, 1.82) is 0 Å². The van der Waals surface area contributed by atoms with Gasteiger partial charge < -0.3 is 24.7 Å². The number of aromatic hydroxyl groups is 1. The summed E-state index contributed by atoms with van der Waals surface area (Å²) in [5.41, 5.74) is 2.55. The van der Waals surface area contributed by atoms with Crippen molar-refractivity contribution >= 4 is 34.2 Å². The summed E-state index contributed by atoms with van der Waals surface area (Å²) in [5, 5.41) is 29.7. The van der Waals surface area contributed by atoms with E-state index in [0.29, 0.717) is 16.8 Å². The number of phenolic OH excluding ortho intramolecular Hbond substituents is 1. The van der Waals surface area contributed by atoms with Crippen LogP contribution < -0.4 is 4.90 Å². The normalized spacial score (nSPS) is 16.5. The number of amides is 1. The number of aliphatic hydroxyl groups excluding tert-OH is 1. The van der Waals surface area contributed by atoms with E-state index in [2.05, 4.69) is 9.97 Å². The van der Waals surface area contributed by atoms with Crippen molar-refractivity contribution in [1.82, 2.24) is 9.97 Å². The van der Waals surface area contributed by atoms with Gasteiger partial charge in [0, 0.05) is 11.3 Å². The lowest BCUT2D eigenvalue weighted by Crippen LogP contribution is -2.29. The van der Waals surface area contributed by atoms with Gasteiger partial charge in [-0.05, 0) is 48.0 Å². The number of carbonyl (C=O) groups is 2. The van der Waals surface area contributed by atoms with Gasteiger partial charge in [-0.2, -0.15) is 0 Å². The molecule has 1 aliphatic heterocycles. The Morgan fingerprint density at radius 3 is 2.55 bits per heavy atom. The minimum absolute atomic E-state index is 0.0247. The van der Waals surface area contributed by atoms with E-state index >= 15 is 0 Å². The van der Waals surface area contributed by atoms with E-state index in [1.807, 2.05) is 0 Å². The molecule has 4 aromatic rings. The van der Waals surface area contributed by atoms with Crippen molar-refractivity contribution in [2.24, 2.45) is 0 Å². The second-order valence-electron chi connectivity index (χ2n) is 7.00. The summed E-state index contributed by atoms with van der Waals surface area (Å²) < 4.78 is 5.52. The number of imidazole rings is 1. The Morgan fingerprint density at radius 1 is 1.06 bits per heavy atom. The van der Waals surface area contributed by atoms with Crippen molar-refractivity contribution in [3.63, 3.8) is 0 Å². The van der Waals surface area contributed by atoms with Gasteiger partial charge in [0.15, 0.2) is 5.76 Å². The molecule has 1 atom stereocenters. The summed E-state index contributed by atoms with van der Waals surface area (Å²) in [5.74, 6) is -2.51. The van der Waals surface area contributed by atoms with Crippen LogP contribution >= 0.6 is 0 Å². The summed E-state index contributed by atoms with van der Waals surface area (Å²) in [6.45, 7) is 0. The Morgan fingerprint density at radius 2 is 1.84 bits per heavy atom. The molecule has 31 heavy (non-hydrogen) atoms. The average Bonchev–Trinajstić information content (AvgIpc) is 3.47. The Labute approximate surface area is 174 Å². The van der Waals surface area contributed by atoms with Crippen molar-refractivity contribution in [3.8, 4) is 5.75 Å². The lowest BCUT2D eigenvalue weighted by molar-refractivity contribution is -0.117. The first-order valence-corrected chi connectivity index (χ1v) is 9.26. The van der Waals surface area contributed by atoms with Crippen LogP contribution in [0, 0.1) is 0 Å². The van der Waals surface area contributed by atoms with Crippen LogP contribution in [0.2, 0.25) is 0 Å². The first kappa shape index (κ1) is 18.5. The van der Waals surface area contributed by atoms with Gasteiger partial charge in [-0.25, -0.2) is 9.78 Å². The molecule has 0 radical (unpaired) electrons. The molecule has 5 rings (SSSR count). The van der Waals surface area contributed by atoms with E-state index < -0.39 is 23.7 Å². The monoisotopic (exact) mass is 417 g/mol. The zero-order valence-corrected chi connectivity index (χ0v) is 15.8. The smallest absolute Gasteiger partial charge is 0.371 e. The van der Waals surface area contributed by atoms with Gasteiger partial charge in [-0.15, -0.1) is 0 Å². The molecule has 1 unspecified atom stereocenters. The first-order valence-electron chi connectivity index (χ1n) is 9.26. The SMILES string of the molecule is O=C(O)c1ccc(C2C(c3ccc(O)cc3)=C(O)C(=O)N2c2ccc3[nH]cnc3c2)o1. The number of anilines is 1. The molecule has 0 bridgehead atoms. The zero-order chi connectivity index (χ0) is 21.7. The van der Waals surface area contributed by atoms with Crippen LogP contribution in [0.3, 0.4) is 0 Å². The summed E-state index contributed by atoms with van der Waals surface area (Å²) >= 11 is 0. The van der Waals surface area contributed by atoms with Gasteiger partial charge in [0.2, 0.25) is 5.76 Å². The molecule has 1 aliphatic rings. The Balaban J connectivity index is 1.70. The van der Waals surface area contributed by atoms with Crippen LogP contribution in [0.25, 0.3) is 16.6 Å². The molecule has 2 aromatic carbocycles. The molecule has 0 aliphatic carbocycles. The third-order valence-electron chi connectivity index (χ3n) is 5.18. The number of aromatic amines is 1. The van der Waals surface area contributed by atoms with Crippen LogP contribution in [0.4, 0.5) is 5.69 Å². The maximum absolute atomic E-state index is 13.1. The fourth-order valence-corrected chi connectivity index (χ4v) is 3.76. The van der Waals surface area contributed by atoms with Gasteiger partial charge >= 0.3 is 5.97 Å². The Hall–Kier alpha value is -4.53. The van der Waals surface area contributed by atoms with Crippen LogP contribution in [-0.2, 0) is 4.79 Å². The number of benzene rings is 2. The quantitative estimate of drug-likeness (QED) is 0.398. The number of nitrogens with zero attached hydrogens (tertiary/aromatic N) is 2. The van der Waals surface area contributed by atoms with Gasteiger partial charge in [0.05, 0.1) is 17.4 Å². The molecule has 9 nitrogen and oxygen atoms in total. The van der Waals surface area contributed by atoms with Gasteiger partial charge in [-0.3, -0.25) is 9.69 Å². The fourth-order valence-electron chi connectivity index (χ4n) is 3.76. The molecule has 4 N–H and O–H groups in total. The lowest BCUT2D eigenvalue weighted by atomic mass is 9.97. The largest absolute Gasteiger partial charge is 0.508 e. The predicted molar refractivity (Wildman–Crippen MR) is 110 cm³/mol. The van der Waals surface area contributed by atoms with E-state index in [9.17, 15) is 24.9 Å². The van der Waals surface area contributed by atoms with E-state index in [-0.39, 0.29) is 22.8 Å². The van der Waals surface area contributed by atoms with Gasteiger partial charge in [0.25, 0.3) is 5.91 Å². The number of H-pyrrole nitrogens is 1. The number of furan rings is 1. The molecule has 9 heteroatoms. The zero-order valence-electron chi connectivity index (χ0n) is 15.8. The molecular weight excluding hydrogens is 402 g/mol. The number of hydrogen-bond acceptors (Lipinski definition) is 6. The number of carbonyl (C=O) groups excluding carboxylic acids is 1. The highest BCUT2D eigenvalue weighted by Crippen LogP contribution is 2.46. The molecule has 0 saturated carbocycles. The van der Waals surface area contributed by atoms with Gasteiger partial charge in [-0.1, -0.05) is 12.1 Å². The highest BCUT2D eigenvalue weighted by atomic mass is 16.4. The van der Waals surface area contributed by atoms with E-state index in [4.69, 9.17) is 4.42 Å². The minimum Gasteiger partial charge on any atom is -0.508 e. The molecule has 2 aromatic heterocycles. The second kappa shape index (κ2) is 6.77. The number of rotatable bonds is 4. The third kappa shape index (κ3) is 2.91. The second-order valence-corrected chi connectivity index (χ2v) is 7.00. The van der Waals surface area contributed by atoms with Gasteiger partial charge in [0.1, 0.15) is 17.6 Å². The number of fused-ring (bicyclic) bond motifs is 1. The molecule has 3 heterocycles. The number of carboxylic acid groups (broad SMARTS) is 1. The maximum atomic E-state index is 13.1. The molecule has 1 amide bonds. The Kier molecular flexibility index (Phi) is 4.04. The van der Waals surface area contributed by atoms with E-state index in [1.165, 1.54) is 35.5 Å². The molecule has 0 saturated heterocycles. The fraction of sp³-hybridized carbons (Fsp3) is 0.0455. The minimum atomic E-state index is -1.25. The first-order chi connectivity index (χ1) is 14.9. The number of aliphatic hydroxyl groups is 1. The van der Waals surface area contributed by atoms with Crippen LogP contribution in [0.5, 0.6) is 5.75 Å². The predicted octanol–water partition coefficient (Wildman–Crippen LogP) is 3.62. The van der Waals surface area contributed by atoms with E-state index in [1.54, 1.807) is 30.3 Å². The van der Waals surface area contributed by atoms with Crippen LogP contribution in [0.15, 0.2) is 71.1 Å². The molecule has 154 valence electrons. The number of aromatic nitrogens is 2. The van der Waals surface area contributed by atoms with Crippen molar-refractivity contribution in [2.45, 2.75) is 6.04 Å². The topological polar surface area (TPSA) is 140 Å².